The van der Waals surface area contributed by atoms with Gasteiger partial charge in [-0.1, -0.05) is 36.8 Å². The number of benzene rings is 1. The van der Waals surface area contributed by atoms with Crippen molar-refractivity contribution >= 4 is 5.91 Å². The van der Waals surface area contributed by atoms with Crippen LogP contribution < -0.4 is 5.32 Å². The van der Waals surface area contributed by atoms with Gasteiger partial charge in [0.25, 0.3) is 0 Å². The molecule has 5 nitrogen and oxygen atoms in total. The van der Waals surface area contributed by atoms with E-state index in [1.54, 1.807) is 0 Å². The van der Waals surface area contributed by atoms with Gasteiger partial charge in [0.2, 0.25) is 5.91 Å². The van der Waals surface area contributed by atoms with Gasteiger partial charge in [-0.05, 0) is 70.7 Å². The molecular weight excluding hydrogens is 360 g/mol. The SMILES string of the molecule is CCCN(C(=O)CCc1c(C)nn(Cc2ccc(C)cc2)c1C)C1CCNCC1. The number of carbonyl (C=O) groups is 1. The molecule has 0 spiro atoms. The van der Waals surface area contributed by atoms with E-state index in [0.717, 1.165) is 57.6 Å². The fraction of sp³-hybridized carbons (Fsp3) is 0.583. The number of aryl methyl sites for hydroxylation is 2. The van der Waals surface area contributed by atoms with Gasteiger partial charge in [-0.2, -0.15) is 5.10 Å². The highest BCUT2D eigenvalue weighted by molar-refractivity contribution is 5.77. The summed E-state index contributed by atoms with van der Waals surface area (Å²) >= 11 is 0. The quantitative estimate of drug-likeness (QED) is 0.739. The first-order chi connectivity index (χ1) is 14.0. The minimum atomic E-state index is 0.295. The Morgan fingerprint density at radius 1 is 1.17 bits per heavy atom. The van der Waals surface area contributed by atoms with Crippen molar-refractivity contribution < 1.29 is 4.79 Å². The van der Waals surface area contributed by atoms with E-state index < -0.39 is 0 Å². The smallest absolute Gasteiger partial charge is 0.223 e. The van der Waals surface area contributed by atoms with Crippen molar-refractivity contribution in [3.8, 4) is 0 Å². The Morgan fingerprint density at radius 3 is 2.52 bits per heavy atom. The first-order valence-electron chi connectivity index (χ1n) is 11.1. The molecule has 1 amide bonds. The Bertz CT molecular complexity index is 803. The Morgan fingerprint density at radius 2 is 1.86 bits per heavy atom. The van der Waals surface area contributed by atoms with Gasteiger partial charge >= 0.3 is 0 Å². The molecule has 0 atom stereocenters. The van der Waals surface area contributed by atoms with Crippen molar-refractivity contribution in [3.63, 3.8) is 0 Å². The fourth-order valence-electron chi connectivity index (χ4n) is 4.36. The predicted octanol–water partition coefficient (Wildman–Crippen LogP) is 3.78. The maximum absolute atomic E-state index is 13.0. The zero-order chi connectivity index (χ0) is 20.8. The zero-order valence-electron chi connectivity index (χ0n) is 18.5. The van der Waals surface area contributed by atoms with Crippen LogP contribution in [0.25, 0.3) is 0 Å². The van der Waals surface area contributed by atoms with E-state index in [9.17, 15) is 4.79 Å². The molecule has 2 heterocycles. The molecule has 1 N–H and O–H groups in total. The average Bonchev–Trinajstić information content (AvgIpc) is 2.99. The number of hydrogen-bond acceptors (Lipinski definition) is 3. The number of carbonyl (C=O) groups excluding carboxylic acids is 1. The molecule has 1 aliphatic heterocycles. The van der Waals surface area contributed by atoms with Gasteiger partial charge in [0, 0.05) is 24.7 Å². The molecule has 1 aromatic heterocycles. The number of hydrogen-bond donors (Lipinski definition) is 1. The third kappa shape index (κ3) is 5.47. The van der Waals surface area contributed by atoms with Crippen molar-refractivity contribution in [2.24, 2.45) is 0 Å². The molecule has 0 unspecified atom stereocenters. The first kappa shape index (κ1) is 21.6. The molecule has 0 radical (unpaired) electrons. The van der Waals surface area contributed by atoms with Crippen LogP contribution in [0.1, 0.15) is 60.7 Å². The summed E-state index contributed by atoms with van der Waals surface area (Å²) in [5.74, 6) is 0.295. The molecule has 5 heteroatoms. The molecule has 29 heavy (non-hydrogen) atoms. The maximum Gasteiger partial charge on any atom is 0.223 e. The van der Waals surface area contributed by atoms with E-state index in [1.807, 2.05) is 0 Å². The lowest BCUT2D eigenvalue weighted by molar-refractivity contribution is -0.134. The first-order valence-corrected chi connectivity index (χ1v) is 11.1. The summed E-state index contributed by atoms with van der Waals surface area (Å²) in [4.78, 5) is 15.2. The number of nitrogens with one attached hydrogen (secondary N) is 1. The van der Waals surface area contributed by atoms with Crippen LogP contribution in [-0.2, 0) is 17.8 Å². The summed E-state index contributed by atoms with van der Waals surface area (Å²) < 4.78 is 2.08. The van der Waals surface area contributed by atoms with Crippen LogP contribution in [0.4, 0.5) is 0 Å². The Labute approximate surface area is 175 Å². The lowest BCUT2D eigenvalue weighted by Gasteiger charge is -2.34. The highest BCUT2D eigenvalue weighted by Crippen LogP contribution is 2.19. The van der Waals surface area contributed by atoms with Gasteiger partial charge < -0.3 is 10.2 Å². The monoisotopic (exact) mass is 396 g/mol. The van der Waals surface area contributed by atoms with E-state index in [1.165, 1.54) is 22.4 Å². The molecule has 3 rings (SSSR count). The lowest BCUT2D eigenvalue weighted by Crippen LogP contribution is -2.46. The largest absolute Gasteiger partial charge is 0.340 e. The topological polar surface area (TPSA) is 50.2 Å². The zero-order valence-corrected chi connectivity index (χ0v) is 18.5. The molecule has 1 saturated heterocycles. The second-order valence-corrected chi connectivity index (χ2v) is 8.36. The summed E-state index contributed by atoms with van der Waals surface area (Å²) in [7, 11) is 0. The van der Waals surface area contributed by atoms with E-state index >= 15 is 0 Å². The van der Waals surface area contributed by atoms with Crippen LogP contribution >= 0.6 is 0 Å². The highest BCUT2D eigenvalue weighted by Gasteiger charge is 2.25. The average molecular weight is 397 g/mol. The van der Waals surface area contributed by atoms with Gasteiger partial charge in [0.15, 0.2) is 0 Å². The van der Waals surface area contributed by atoms with Gasteiger partial charge in [-0.25, -0.2) is 0 Å². The van der Waals surface area contributed by atoms with Crippen LogP contribution in [0.5, 0.6) is 0 Å². The number of rotatable bonds is 8. The normalized spacial score (nSPS) is 14.9. The van der Waals surface area contributed by atoms with Gasteiger partial charge in [0.05, 0.1) is 12.2 Å². The third-order valence-corrected chi connectivity index (χ3v) is 6.11. The fourth-order valence-corrected chi connectivity index (χ4v) is 4.36. The van der Waals surface area contributed by atoms with Crippen molar-refractivity contribution in [2.75, 3.05) is 19.6 Å². The van der Waals surface area contributed by atoms with E-state index in [4.69, 9.17) is 5.10 Å². The molecule has 1 fully saturated rings. The van der Waals surface area contributed by atoms with Gasteiger partial charge in [-0.15, -0.1) is 0 Å². The Hall–Kier alpha value is -2.14. The molecular formula is C24H36N4O. The molecule has 0 saturated carbocycles. The van der Waals surface area contributed by atoms with Crippen LogP contribution in [0, 0.1) is 20.8 Å². The van der Waals surface area contributed by atoms with Crippen LogP contribution in [0.2, 0.25) is 0 Å². The third-order valence-electron chi connectivity index (χ3n) is 6.11. The van der Waals surface area contributed by atoms with E-state index in [2.05, 4.69) is 66.9 Å². The second-order valence-electron chi connectivity index (χ2n) is 8.36. The van der Waals surface area contributed by atoms with Crippen molar-refractivity contribution in [1.29, 1.82) is 0 Å². The maximum atomic E-state index is 13.0. The lowest BCUT2D eigenvalue weighted by atomic mass is 10.0. The molecule has 0 bridgehead atoms. The standard InChI is InChI=1S/C24H36N4O/c1-5-16-27(22-12-14-25-15-13-22)24(29)11-10-23-19(3)26-28(20(23)4)17-21-8-6-18(2)7-9-21/h6-9,22,25H,5,10-17H2,1-4H3. The van der Waals surface area contributed by atoms with E-state index in [0.29, 0.717) is 18.4 Å². The highest BCUT2D eigenvalue weighted by atomic mass is 16.2. The van der Waals surface area contributed by atoms with Gasteiger partial charge in [-0.3, -0.25) is 9.48 Å². The van der Waals surface area contributed by atoms with Crippen molar-refractivity contribution in [2.45, 2.75) is 72.4 Å². The predicted molar refractivity (Wildman–Crippen MR) is 118 cm³/mol. The molecule has 1 aliphatic rings. The van der Waals surface area contributed by atoms with Crippen LogP contribution in [-0.4, -0.2) is 46.3 Å². The summed E-state index contributed by atoms with van der Waals surface area (Å²) in [6.45, 7) is 12.1. The molecule has 158 valence electrons. The van der Waals surface area contributed by atoms with Crippen molar-refractivity contribution in [3.05, 3.63) is 52.3 Å². The molecule has 2 aromatic rings. The number of amides is 1. The van der Waals surface area contributed by atoms with Crippen LogP contribution in [0.15, 0.2) is 24.3 Å². The Balaban J connectivity index is 1.65. The summed E-state index contributed by atoms with van der Waals surface area (Å²) in [6, 6.07) is 9.01. The van der Waals surface area contributed by atoms with Crippen LogP contribution in [0.3, 0.4) is 0 Å². The minimum Gasteiger partial charge on any atom is -0.340 e. The Kier molecular flexibility index (Phi) is 7.48. The van der Waals surface area contributed by atoms with Crippen molar-refractivity contribution in [1.82, 2.24) is 20.0 Å². The summed E-state index contributed by atoms with van der Waals surface area (Å²) in [6.07, 6.45) is 4.50. The summed E-state index contributed by atoms with van der Waals surface area (Å²) in [5.41, 5.74) is 5.98. The van der Waals surface area contributed by atoms with E-state index in [-0.39, 0.29) is 0 Å². The second kappa shape index (κ2) is 10.1. The minimum absolute atomic E-state index is 0.295. The molecule has 1 aromatic carbocycles. The van der Waals surface area contributed by atoms with Gasteiger partial charge in [0.1, 0.15) is 0 Å². The number of piperidine rings is 1. The number of aromatic nitrogens is 2. The molecule has 0 aliphatic carbocycles. The number of nitrogens with zero attached hydrogens (tertiary/aromatic N) is 3. The summed E-state index contributed by atoms with van der Waals surface area (Å²) in [5, 5.41) is 8.16.